The van der Waals surface area contributed by atoms with Gasteiger partial charge in [-0.1, -0.05) is 92.3 Å². The topological polar surface area (TPSA) is 26.3 Å². The monoisotopic (exact) mass is 448 g/mol. The quantitative estimate of drug-likeness (QED) is 0.152. The zero-order valence-corrected chi connectivity index (χ0v) is 21.5. The Hall–Kier alpha value is -2.61. The van der Waals surface area contributed by atoms with Gasteiger partial charge in [0, 0.05) is 0 Å². The molecule has 0 radical (unpaired) electrons. The summed E-state index contributed by atoms with van der Waals surface area (Å²) in [6, 6.07) is 4.13. The molecule has 1 atom stereocenters. The number of hydrogen-bond donors (Lipinski definition) is 0. The third-order valence-electron chi connectivity index (χ3n) is 5.47. The molecule has 2 nitrogen and oxygen atoms in total. The first-order chi connectivity index (χ1) is 16.0. The van der Waals surface area contributed by atoms with E-state index in [0.29, 0.717) is 0 Å². The first-order valence-corrected chi connectivity index (χ1v) is 12.5. The van der Waals surface area contributed by atoms with Crippen LogP contribution in [0, 0.1) is 26.7 Å². The molecule has 0 bridgehead atoms. The first kappa shape index (κ1) is 28.4. The first-order valence-electron chi connectivity index (χ1n) is 12.5. The Balaban J connectivity index is 2.26. The second kappa shape index (κ2) is 17.9. The normalized spacial score (nSPS) is 13.4. The van der Waals surface area contributed by atoms with E-state index in [-0.39, 0.29) is 11.9 Å². The van der Waals surface area contributed by atoms with Crippen molar-refractivity contribution in [2.45, 2.75) is 86.0 Å². The van der Waals surface area contributed by atoms with E-state index in [0.717, 1.165) is 68.2 Å². The maximum atomic E-state index is 12.7. The lowest BCUT2D eigenvalue weighted by molar-refractivity contribution is -0.139. The summed E-state index contributed by atoms with van der Waals surface area (Å²) in [5.74, 6) is 0.547. The van der Waals surface area contributed by atoms with Crippen molar-refractivity contribution in [3.8, 4) is 5.75 Å². The summed E-state index contributed by atoms with van der Waals surface area (Å²) >= 11 is 0. The maximum Gasteiger partial charge on any atom is 0.314 e. The molecule has 0 aliphatic rings. The smallest absolute Gasteiger partial charge is 0.314 e. The number of carbonyl (C=O) groups is 1. The summed E-state index contributed by atoms with van der Waals surface area (Å²) in [6.07, 6.45) is 29.6. The summed E-state index contributed by atoms with van der Waals surface area (Å²) in [5.41, 5.74) is 3.23. The number of hydrogen-bond acceptors (Lipinski definition) is 2. The minimum atomic E-state index is -0.111. The summed E-state index contributed by atoms with van der Waals surface area (Å²) in [5, 5.41) is 0. The van der Waals surface area contributed by atoms with Gasteiger partial charge in [-0.15, -0.1) is 0 Å². The van der Waals surface area contributed by atoms with Gasteiger partial charge >= 0.3 is 5.97 Å². The molecule has 0 aromatic heterocycles. The molecule has 0 saturated heterocycles. The third kappa shape index (κ3) is 12.9. The van der Waals surface area contributed by atoms with Crippen molar-refractivity contribution in [1.82, 2.24) is 0 Å². The Morgan fingerprint density at radius 3 is 1.67 bits per heavy atom. The number of ether oxygens (including phenoxy) is 1. The van der Waals surface area contributed by atoms with Crippen molar-refractivity contribution >= 4 is 5.97 Å². The number of benzene rings is 1. The van der Waals surface area contributed by atoms with Gasteiger partial charge in [0.1, 0.15) is 5.75 Å². The molecule has 0 saturated carbocycles. The van der Waals surface area contributed by atoms with Crippen molar-refractivity contribution in [2.75, 3.05) is 0 Å². The molecule has 0 N–H and O–H groups in total. The molecule has 0 fully saturated rings. The molecule has 1 aromatic carbocycles. The van der Waals surface area contributed by atoms with Gasteiger partial charge in [-0.3, -0.25) is 4.79 Å². The predicted molar refractivity (Wildman–Crippen MR) is 144 cm³/mol. The molecule has 0 amide bonds. The lowest BCUT2D eigenvalue weighted by Crippen LogP contribution is -2.20. The van der Waals surface area contributed by atoms with Gasteiger partial charge in [-0.05, 0) is 83.3 Å². The SMILES string of the molecule is CC/C=C\C/C=C\C/C=C\C/C=C\C/C=C\CCC(CC)C(=O)Oc1c(C)cc(C)cc1C. The van der Waals surface area contributed by atoms with Crippen LogP contribution in [0.5, 0.6) is 5.75 Å². The molecule has 0 aliphatic carbocycles. The van der Waals surface area contributed by atoms with E-state index in [1.807, 2.05) is 13.8 Å². The van der Waals surface area contributed by atoms with Crippen LogP contribution in [0.25, 0.3) is 0 Å². The Morgan fingerprint density at radius 1 is 0.758 bits per heavy atom. The van der Waals surface area contributed by atoms with Crippen LogP contribution in [0.3, 0.4) is 0 Å². The van der Waals surface area contributed by atoms with Gasteiger partial charge in [0.05, 0.1) is 5.92 Å². The largest absolute Gasteiger partial charge is 0.426 e. The number of rotatable bonds is 15. The van der Waals surface area contributed by atoms with Crippen LogP contribution in [-0.4, -0.2) is 5.97 Å². The molecule has 0 heterocycles. The average molecular weight is 449 g/mol. The molecule has 2 heteroatoms. The van der Waals surface area contributed by atoms with Crippen LogP contribution in [0.1, 0.15) is 81.9 Å². The highest BCUT2D eigenvalue weighted by molar-refractivity contribution is 5.76. The van der Waals surface area contributed by atoms with Crippen molar-refractivity contribution in [3.63, 3.8) is 0 Å². The van der Waals surface area contributed by atoms with E-state index in [9.17, 15) is 4.79 Å². The van der Waals surface area contributed by atoms with E-state index in [2.05, 4.69) is 93.7 Å². The molecule has 180 valence electrons. The molecule has 0 spiro atoms. The Morgan fingerprint density at radius 2 is 1.21 bits per heavy atom. The van der Waals surface area contributed by atoms with Crippen molar-refractivity contribution in [3.05, 3.63) is 89.6 Å². The van der Waals surface area contributed by atoms with E-state index in [1.165, 1.54) is 5.56 Å². The van der Waals surface area contributed by atoms with Gasteiger partial charge in [0.25, 0.3) is 0 Å². The highest BCUT2D eigenvalue weighted by Crippen LogP contribution is 2.26. The van der Waals surface area contributed by atoms with Crippen molar-refractivity contribution in [1.29, 1.82) is 0 Å². The molecule has 33 heavy (non-hydrogen) atoms. The van der Waals surface area contributed by atoms with Crippen LogP contribution >= 0.6 is 0 Å². The molecule has 1 rings (SSSR count). The highest BCUT2D eigenvalue weighted by atomic mass is 16.5. The highest BCUT2D eigenvalue weighted by Gasteiger charge is 2.19. The third-order valence-corrected chi connectivity index (χ3v) is 5.47. The van der Waals surface area contributed by atoms with Gasteiger partial charge < -0.3 is 4.74 Å². The fourth-order valence-corrected chi connectivity index (χ4v) is 3.67. The number of aryl methyl sites for hydroxylation is 3. The lowest BCUT2D eigenvalue weighted by Gasteiger charge is -2.16. The zero-order chi connectivity index (χ0) is 24.3. The van der Waals surface area contributed by atoms with Crippen molar-refractivity contribution < 1.29 is 9.53 Å². The summed E-state index contributed by atoms with van der Waals surface area (Å²) in [6.45, 7) is 10.3. The predicted octanol–water partition coefficient (Wildman–Crippen LogP) is 9.08. The second-order valence-electron chi connectivity index (χ2n) is 8.54. The lowest BCUT2D eigenvalue weighted by atomic mass is 10.00. The van der Waals surface area contributed by atoms with E-state index < -0.39 is 0 Å². The fraction of sp³-hybridized carbons (Fsp3) is 0.452. The average Bonchev–Trinajstić information content (AvgIpc) is 2.78. The Bertz CT molecular complexity index is 813. The van der Waals surface area contributed by atoms with Crippen LogP contribution in [0.2, 0.25) is 0 Å². The molecule has 1 unspecified atom stereocenters. The van der Waals surface area contributed by atoms with Crippen LogP contribution in [0.4, 0.5) is 0 Å². The van der Waals surface area contributed by atoms with Gasteiger partial charge in [-0.25, -0.2) is 0 Å². The standard InChI is InChI=1S/C31H44O2/c1-6-8-9-10-11-12-13-14-15-16-17-18-19-20-21-22-23-29(7-2)31(32)33-30-27(4)24-26(3)25-28(30)5/h8-9,11-12,14-15,17-18,20-21,24-25,29H,6-7,10,13,16,19,22-23H2,1-5H3/b9-8-,12-11-,15-14-,18-17-,21-20-. The Kier molecular flexibility index (Phi) is 15.4. The summed E-state index contributed by atoms with van der Waals surface area (Å²) in [4.78, 5) is 12.7. The van der Waals surface area contributed by atoms with E-state index in [4.69, 9.17) is 4.74 Å². The van der Waals surface area contributed by atoms with Gasteiger partial charge in [0.15, 0.2) is 0 Å². The van der Waals surface area contributed by atoms with Gasteiger partial charge in [0.2, 0.25) is 0 Å². The summed E-state index contributed by atoms with van der Waals surface area (Å²) < 4.78 is 5.78. The minimum Gasteiger partial charge on any atom is -0.426 e. The maximum absolute atomic E-state index is 12.7. The van der Waals surface area contributed by atoms with Crippen LogP contribution < -0.4 is 4.74 Å². The van der Waals surface area contributed by atoms with Crippen molar-refractivity contribution in [2.24, 2.45) is 5.92 Å². The number of carbonyl (C=O) groups excluding carboxylic acids is 1. The summed E-state index contributed by atoms with van der Waals surface area (Å²) in [7, 11) is 0. The van der Waals surface area contributed by atoms with Gasteiger partial charge in [-0.2, -0.15) is 0 Å². The van der Waals surface area contributed by atoms with Crippen LogP contribution in [-0.2, 0) is 4.79 Å². The number of allylic oxidation sites excluding steroid dienone is 10. The zero-order valence-electron chi connectivity index (χ0n) is 21.5. The second-order valence-corrected chi connectivity index (χ2v) is 8.54. The molecule has 0 aliphatic heterocycles. The molecular formula is C31H44O2. The van der Waals surface area contributed by atoms with E-state index >= 15 is 0 Å². The Labute approximate surface area is 202 Å². The molecular weight excluding hydrogens is 404 g/mol. The van der Waals surface area contributed by atoms with Crippen LogP contribution in [0.15, 0.2) is 72.9 Å². The minimum absolute atomic E-state index is 0.0628. The fourth-order valence-electron chi connectivity index (χ4n) is 3.67. The van der Waals surface area contributed by atoms with E-state index in [1.54, 1.807) is 0 Å². The molecule has 1 aromatic rings. The number of esters is 1.